The van der Waals surface area contributed by atoms with Crippen LogP contribution >= 0.6 is 0 Å². The molecule has 5 heteroatoms. The molecule has 3 N–H and O–H groups in total. The highest BCUT2D eigenvalue weighted by Crippen LogP contribution is 2.24. The highest BCUT2D eigenvalue weighted by atomic mass is 19.1. The third-order valence-corrected chi connectivity index (χ3v) is 3.67. The molecule has 116 valence electrons. The third kappa shape index (κ3) is 3.43. The van der Waals surface area contributed by atoms with Crippen LogP contribution in [0.1, 0.15) is 18.9 Å². The molecule has 0 aliphatic carbocycles. The van der Waals surface area contributed by atoms with Gasteiger partial charge in [-0.15, -0.1) is 0 Å². The number of aliphatic hydroxyl groups excluding tert-OH is 1. The van der Waals surface area contributed by atoms with Gasteiger partial charge >= 0.3 is 6.03 Å². The van der Waals surface area contributed by atoms with E-state index in [9.17, 15) is 14.3 Å². The monoisotopic (exact) mass is 302 g/mol. The van der Waals surface area contributed by atoms with Crippen molar-refractivity contribution in [2.75, 3.05) is 11.9 Å². The van der Waals surface area contributed by atoms with Gasteiger partial charge in [-0.05, 0) is 24.1 Å². The molecule has 0 heterocycles. The van der Waals surface area contributed by atoms with Crippen LogP contribution in [0.25, 0.3) is 0 Å². The first-order valence-corrected chi connectivity index (χ1v) is 7.11. The number of anilines is 1. The van der Waals surface area contributed by atoms with Crippen LogP contribution in [-0.2, 0) is 5.54 Å². The number of amides is 2. The SMILES string of the molecule is CC[C@@](CO)(NC(=O)Nc1ccccc1F)c1ccccc1. The van der Waals surface area contributed by atoms with E-state index >= 15 is 0 Å². The summed E-state index contributed by atoms with van der Waals surface area (Å²) in [7, 11) is 0. The number of benzene rings is 2. The molecule has 0 saturated carbocycles. The van der Waals surface area contributed by atoms with Crippen molar-refractivity contribution in [3.63, 3.8) is 0 Å². The summed E-state index contributed by atoms with van der Waals surface area (Å²) in [5, 5.41) is 15.0. The van der Waals surface area contributed by atoms with Crippen molar-refractivity contribution >= 4 is 11.7 Å². The smallest absolute Gasteiger partial charge is 0.320 e. The van der Waals surface area contributed by atoms with Crippen LogP contribution in [0.2, 0.25) is 0 Å². The van der Waals surface area contributed by atoms with E-state index < -0.39 is 17.4 Å². The highest BCUT2D eigenvalue weighted by molar-refractivity contribution is 5.90. The third-order valence-electron chi connectivity index (χ3n) is 3.67. The molecule has 0 aliphatic rings. The summed E-state index contributed by atoms with van der Waals surface area (Å²) in [6.07, 6.45) is 0.498. The van der Waals surface area contributed by atoms with Gasteiger partial charge < -0.3 is 15.7 Å². The van der Waals surface area contributed by atoms with E-state index in [-0.39, 0.29) is 12.3 Å². The molecule has 2 aromatic rings. The average molecular weight is 302 g/mol. The maximum absolute atomic E-state index is 13.6. The summed E-state index contributed by atoms with van der Waals surface area (Å²) in [5.41, 5.74) is -0.0176. The van der Waals surface area contributed by atoms with Gasteiger partial charge in [0.1, 0.15) is 5.82 Å². The van der Waals surface area contributed by atoms with Gasteiger partial charge in [-0.2, -0.15) is 0 Å². The van der Waals surface area contributed by atoms with E-state index in [1.807, 2.05) is 37.3 Å². The molecule has 4 nitrogen and oxygen atoms in total. The molecule has 22 heavy (non-hydrogen) atoms. The molecule has 2 rings (SSSR count). The fourth-order valence-electron chi connectivity index (χ4n) is 2.30. The summed E-state index contributed by atoms with van der Waals surface area (Å²) in [6.45, 7) is 1.62. The van der Waals surface area contributed by atoms with Crippen molar-refractivity contribution in [3.8, 4) is 0 Å². The summed E-state index contributed by atoms with van der Waals surface area (Å²) >= 11 is 0. The van der Waals surface area contributed by atoms with Gasteiger partial charge in [0.05, 0.1) is 17.8 Å². The summed E-state index contributed by atoms with van der Waals surface area (Å²) < 4.78 is 13.6. The van der Waals surface area contributed by atoms with Crippen molar-refractivity contribution in [1.29, 1.82) is 0 Å². The van der Waals surface area contributed by atoms with Crippen LogP contribution in [0, 0.1) is 5.82 Å². The van der Waals surface area contributed by atoms with Crippen molar-refractivity contribution in [3.05, 3.63) is 66.0 Å². The molecule has 0 aromatic heterocycles. The number of urea groups is 1. The van der Waals surface area contributed by atoms with Crippen molar-refractivity contribution in [1.82, 2.24) is 5.32 Å². The fourth-order valence-corrected chi connectivity index (χ4v) is 2.30. The van der Waals surface area contributed by atoms with Gasteiger partial charge in [0.25, 0.3) is 0 Å². The van der Waals surface area contributed by atoms with Crippen LogP contribution in [0.15, 0.2) is 54.6 Å². The first-order chi connectivity index (χ1) is 10.6. The predicted molar refractivity (Wildman–Crippen MR) is 84.1 cm³/mol. The lowest BCUT2D eigenvalue weighted by atomic mass is 9.88. The van der Waals surface area contributed by atoms with Gasteiger partial charge in [-0.1, -0.05) is 49.4 Å². The van der Waals surface area contributed by atoms with Gasteiger partial charge in [0, 0.05) is 0 Å². The molecule has 0 aliphatic heterocycles. The van der Waals surface area contributed by atoms with Crippen molar-refractivity contribution < 1.29 is 14.3 Å². The molecule has 1 atom stereocenters. The maximum atomic E-state index is 13.6. The molecule has 0 radical (unpaired) electrons. The lowest BCUT2D eigenvalue weighted by molar-refractivity contribution is 0.159. The second-order valence-electron chi connectivity index (χ2n) is 5.02. The zero-order valence-corrected chi connectivity index (χ0v) is 12.3. The number of aliphatic hydroxyl groups is 1. The molecular weight excluding hydrogens is 283 g/mol. The Morgan fingerprint density at radius 1 is 1.14 bits per heavy atom. The predicted octanol–water partition coefficient (Wildman–Crippen LogP) is 3.25. The molecule has 0 saturated heterocycles. The Morgan fingerprint density at radius 3 is 2.36 bits per heavy atom. The normalized spacial score (nSPS) is 13.2. The second kappa shape index (κ2) is 7.04. The van der Waals surface area contributed by atoms with Gasteiger partial charge in [0.15, 0.2) is 0 Å². The molecule has 0 bridgehead atoms. The quantitative estimate of drug-likeness (QED) is 0.794. The Balaban J connectivity index is 2.18. The van der Waals surface area contributed by atoms with E-state index in [2.05, 4.69) is 10.6 Å². The minimum absolute atomic E-state index is 0.0935. The number of rotatable bonds is 5. The molecule has 0 spiro atoms. The maximum Gasteiger partial charge on any atom is 0.320 e. The number of carbonyl (C=O) groups excluding carboxylic acids is 1. The number of halogens is 1. The molecule has 2 aromatic carbocycles. The zero-order chi connectivity index (χ0) is 16.0. The topological polar surface area (TPSA) is 61.4 Å². The molecule has 2 amide bonds. The van der Waals surface area contributed by atoms with Gasteiger partial charge in [-0.3, -0.25) is 0 Å². The standard InChI is InChI=1S/C17H19FN2O2/c1-2-17(12-21,13-8-4-3-5-9-13)20-16(22)19-15-11-7-6-10-14(15)18/h3-11,21H,2,12H2,1H3,(H2,19,20,22)/t17-/m0/s1. The first-order valence-electron chi connectivity index (χ1n) is 7.11. The number of nitrogens with one attached hydrogen (secondary N) is 2. The molecule has 0 fully saturated rings. The Kier molecular flexibility index (Phi) is 5.12. The van der Waals surface area contributed by atoms with E-state index in [0.29, 0.717) is 6.42 Å². The van der Waals surface area contributed by atoms with Gasteiger partial charge in [0.2, 0.25) is 0 Å². The average Bonchev–Trinajstić information content (AvgIpc) is 2.56. The Bertz CT molecular complexity index is 628. The minimum atomic E-state index is -0.906. The van der Waals surface area contributed by atoms with E-state index in [4.69, 9.17) is 0 Å². The Hall–Kier alpha value is -2.40. The number of hydrogen-bond donors (Lipinski definition) is 3. The van der Waals surface area contributed by atoms with E-state index in [1.165, 1.54) is 12.1 Å². The lowest BCUT2D eigenvalue weighted by Crippen LogP contribution is -2.50. The lowest BCUT2D eigenvalue weighted by Gasteiger charge is -2.32. The van der Waals surface area contributed by atoms with Crippen LogP contribution in [0.4, 0.5) is 14.9 Å². The number of para-hydroxylation sites is 1. The van der Waals surface area contributed by atoms with Crippen LogP contribution in [0.3, 0.4) is 0 Å². The summed E-state index contributed by atoms with van der Waals surface area (Å²) in [5.74, 6) is -0.511. The van der Waals surface area contributed by atoms with Gasteiger partial charge in [-0.25, -0.2) is 9.18 Å². The minimum Gasteiger partial charge on any atom is -0.394 e. The van der Waals surface area contributed by atoms with Crippen molar-refractivity contribution in [2.45, 2.75) is 18.9 Å². The van der Waals surface area contributed by atoms with Crippen LogP contribution < -0.4 is 10.6 Å². The summed E-state index contributed by atoms with van der Waals surface area (Å²) in [6, 6.07) is 14.6. The first kappa shape index (κ1) is 16.0. The van der Waals surface area contributed by atoms with E-state index in [1.54, 1.807) is 12.1 Å². The summed E-state index contributed by atoms with van der Waals surface area (Å²) in [4.78, 5) is 12.2. The number of hydrogen-bond acceptors (Lipinski definition) is 2. The van der Waals surface area contributed by atoms with Crippen LogP contribution in [-0.4, -0.2) is 17.7 Å². The van der Waals surface area contributed by atoms with Crippen LogP contribution in [0.5, 0.6) is 0 Å². The Labute approximate surface area is 129 Å². The highest BCUT2D eigenvalue weighted by Gasteiger charge is 2.31. The zero-order valence-electron chi connectivity index (χ0n) is 12.3. The molecule has 0 unspecified atom stereocenters. The fraction of sp³-hybridized carbons (Fsp3) is 0.235. The Morgan fingerprint density at radius 2 is 1.77 bits per heavy atom. The second-order valence-corrected chi connectivity index (χ2v) is 5.02. The number of carbonyl (C=O) groups is 1. The van der Waals surface area contributed by atoms with E-state index in [0.717, 1.165) is 5.56 Å². The largest absolute Gasteiger partial charge is 0.394 e. The van der Waals surface area contributed by atoms with Crippen molar-refractivity contribution in [2.24, 2.45) is 0 Å². The molecular formula is C17H19FN2O2.